The van der Waals surface area contributed by atoms with Crippen LogP contribution in [0.25, 0.3) is 0 Å². The van der Waals surface area contributed by atoms with Gasteiger partial charge in [0.15, 0.2) is 18.1 Å². The van der Waals surface area contributed by atoms with Crippen molar-refractivity contribution in [3.05, 3.63) is 48.0 Å². The number of carbonyl (C=O) groups is 3. The summed E-state index contributed by atoms with van der Waals surface area (Å²) in [7, 11) is 0. The van der Waals surface area contributed by atoms with Crippen molar-refractivity contribution in [2.24, 2.45) is 11.0 Å². The molecular formula is C28H34N4O7. The van der Waals surface area contributed by atoms with Crippen molar-refractivity contribution in [2.45, 2.75) is 20.3 Å². The number of amides is 3. The molecule has 2 heterocycles. The van der Waals surface area contributed by atoms with E-state index in [1.165, 1.54) is 6.21 Å². The van der Waals surface area contributed by atoms with E-state index in [1.54, 1.807) is 40.1 Å². The van der Waals surface area contributed by atoms with Crippen molar-refractivity contribution in [3.63, 3.8) is 0 Å². The lowest BCUT2D eigenvalue weighted by molar-refractivity contribution is -0.137. The van der Waals surface area contributed by atoms with Crippen molar-refractivity contribution >= 4 is 29.6 Å². The lowest BCUT2D eigenvalue weighted by Gasteiger charge is -2.26. The number of nitrogens with zero attached hydrogens (tertiary/aromatic N) is 3. The number of hydrazone groups is 1. The third kappa shape index (κ3) is 7.47. The summed E-state index contributed by atoms with van der Waals surface area (Å²) in [5.74, 6) is 0.561. The third-order valence-electron chi connectivity index (χ3n) is 6.33. The number of benzene rings is 2. The fourth-order valence-electron chi connectivity index (χ4n) is 4.32. The average Bonchev–Trinajstić information content (AvgIpc) is 3.35. The highest BCUT2D eigenvalue weighted by atomic mass is 16.5. The summed E-state index contributed by atoms with van der Waals surface area (Å²) in [6.45, 7) is 7.06. The van der Waals surface area contributed by atoms with E-state index in [2.05, 4.69) is 10.5 Å². The van der Waals surface area contributed by atoms with Crippen LogP contribution in [0.3, 0.4) is 0 Å². The second-order valence-electron chi connectivity index (χ2n) is 8.99. The van der Waals surface area contributed by atoms with Crippen LogP contribution in [0.1, 0.15) is 25.8 Å². The van der Waals surface area contributed by atoms with Crippen LogP contribution in [0.4, 0.5) is 5.69 Å². The molecule has 2 aliphatic heterocycles. The van der Waals surface area contributed by atoms with Crippen molar-refractivity contribution in [2.75, 3.05) is 57.6 Å². The van der Waals surface area contributed by atoms with Gasteiger partial charge in [-0.1, -0.05) is 0 Å². The Morgan fingerprint density at radius 3 is 2.49 bits per heavy atom. The van der Waals surface area contributed by atoms with Gasteiger partial charge in [-0.25, -0.2) is 5.43 Å². The number of rotatable bonds is 11. The Morgan fingerprint density at radius 2 is 1.77 bits per heavy atom. The molecule has 2 fully saturated rings. The Balaban J connectivity index is 1.31. The van der Waals surface area contributed by atoms with Crippen LogP contribution < -0.4 is 24.5 Å². The van der Waals surface area contributed by atoms with E-state index < -0.39 is 5.92 Å². The first-order valence-electron chi connectivity index (χ1n) is 13.1. The summed E-state index contributed by atoms with van der Waals surface area (Å²) in [5.41, 5.74) is 3.93. The van der Waals surface area contributed by atoms with Gasteiger partial charge in [0.25, 0.3) is 5.91 Å². The zero-order valence-electron chi connectivity index (χ0n) is 22.3. The number of ether oxygens (including phenoxy) is 4. The molecule has 2 aromatic rings. The van der Waals surface area contributed by atoms with E-state index in [1.807, 2.05) is 26.0 Å². The number of hydrogen-bond donors (Lipinski definition) is 1. The largest absolute Gasteiger partial charge is 0.494 e. The molecule has 0 radical (unpaired) electrons. The van der Waals surface area contributed by atoms with E-state index >= 15 is 0 Å². The molecule has 2 saturated heterocycles. The smallest absolute Gasteiger partial charge is 0.260 e. The first kappa shape index (κ1) is 27.9. The normalized spacial score (nSPS) is 17.4. The van der Waals surface area contributed by atoms with Crippen LogP contribution in [-0.2, 0) is 19.1 Å². The van der Waals surface area contributed by atoms with Crippen LogP contribution in [0.15, 0.2) is 47.6 Å². The second kappa shape index (κ2) is 13.6. The molecule has 1 N–H and O–H groups in total. The summed E-state index contributed by atoms with van der Waals surface area (Å²) in [6, 6.07) is 12.4. The van der Waals surface area contributed by atoms with Crippen molar-refractivity contribution in [3.8, 4) is 17.2 Å². The molecule has 4 rings (SSSR count). The summed E-state index contributed by atoms with van der Waals surface area (Å²) in [5, 5.41) is 4.07. The Hall–Kier alpha value is -4.12. The van der Waals surface area contributed by atoms with E-state index in [9.17, 15) is 14.4 Å². The fourth-order valence-corrected chi connectivity index (χ4v) is 4.32. The van der Waals surface area contributed by atoms with E-state index in [4.69, 9.17) is 18.9 Å². The zero-order chi connectivity index (χ0) is 27.6. The minimum Gasteiger partial charge on any atom is -0.494 e. The monoisotopic (exact) mass is 538 g/mol. The molecule has 0 saturated carbocycles. The van der Waals surface area contributed by atoms with Gasteiger partial charge in [0.05, 0.1) is 38.6 Å². The van der Waals surface area contributed by atoms with Crippen molar-refractivity contribution in [1.82, 2.24) is 10.3 Å². The second-order valence-corrected chi connectivity index (χ2v) is 8.99. The van der Waals surface area contributed by atoms with Gasteiger partial charge in [0, 0.05) is 31.7 Å². The van der Waals surface area contributed by atoms with Crippen molar-refractivity contribution < 1.29 is 33.3 Å². The van der Waals surface area contributed by atoms with Gasteiger partial charge >= 0.3 is 0 Å². The van der Waals surface area contributed by atoms with E-state index in [-0.39, 0.29) is 37.3 Å². The summed E-state index contributed by atoms with van der Waals surface area (Å²) < 4.78 is 22.1. The van der Waals surface area contributed by atoms with Crippen LogP contribution in [0.2, 0.25) is 0 Å². The highest BCUT2D eigenvalue weighted by molar-refractivity contribution is 6.00. The topological polar surface area (TPSA) is 119 Å². The average molecular weight is 539 g/mol. The van der Waals surface area contributed by atoms with Gasteiger partial charge in [-0.3, -0.25) is 14.4 Å². The number of nitrogens with one attached hydrogen (secondary N) is 1. The number of hydrogen-bond acceptors (Lipinski definition) is 8. The lowest BCUT2D eigenvalue weighted by Crippen LogP contribution is -2.43. The molecule has 2 aliphatic rings. The van der Waals surface area contributed by atoms with Gasteiger partial charge in [0.2, 0.25) is 11.8 Å². The van der Waals surface area contributed by atoms with Crippen molar-refractivity contribution in [1.29, 1.82) is 0 Å². The van der Waals surface area contributed by atoms with Crippen LogP contribution in [0.5, 0.6) is 17.2 Å². The maximum atomic E-state index is 12.7. The summed E-state index contributed by atoms with van der Waals surface area (Å²) >= 11 is 0. The van der Waals surface area contributed by atoms with Crippen LogP contribution in [-0.4, -0.2) is 81.5 Å². The molecule has 0 aromatic heterocycles. The molecule has 39 heavy (non-hydrogen) atoms. The first-order valence-corrected chi connectivity index (χ1v) is 13.1. The minimum absolute atomic E-state index is 0.0998. The molecule has 0 bridgehead atoms. The van der Waals surface area contributed by atoms with Crippen LogP contribution in [0, 0.1) is 5.92 Å². The molecule has 0 aliphatic carbocycles. The van der Waals surface area contributed by atoms with Gasteiger partial charge in [-0.15, -0.1) is 0 Å². The highest BCUT2D eigenvalue weighted by Crippen LogP contribution is 2.29. The van der Waals surface area contributed by atoms with Crippen LogP contribution >= 0.6 is 0 Å². The molecule has 11 nitrogen and oxygen atoms in total. The van der Waals surface area contributed by atoms with Gasteiger partial charge in [-0.05, 0) is 61.9 Å². The highest BCUT2D eigenvalue weighted by Gasteiger charge is 2.35. The predicted molar refractivity (Wildman–Crippen MR) is 144 cm³/mol. The first-order chi connectivity index (χ1) is 19.0. The predicted octanol–water partition coefficient (Wildman–Crippen LogP) is 2.22. The maximum absolute atomic E-state index is 12.7. The van der Waals surface area contributed by atoms with Gasteiger partial charge < -0.3 is 28.7 Å². The Labute approximate surface area is 227 Å². The fraction of sp³-hybridized carbons (Fsp3) is 0.429. The molecule has 0 spiro atoms. The molecular weight excluding hydrogens is 504 g/mol. The SMILES string of the molecule is CCOc1ccc(N2C[C@H](C(=O)N/N=C\c3ccc(OCC(=O)N4CCOCC4)c(OCC)c3)CC2=O)cc1. The molecule has 1 atom stereocenters. The standard InChI is InChI=1S/C28H34N4O7/c1-3-37-23-8-6-22(7-9-23)32-18-21(16-26(32)33)28(35)30-29-17-20-5-10-24(25(15-20)38-4-2)39-19-27(34)31-11-13-36-14-12-31/h5-10,15,17,21H,3-4,11-14,16,18-19H2,1-2H3,(H,30,35)/b29-17-/t21-/m1/s1. The Bertz CT molecular complexity index is 1180. The number of carbonyl (C=O) groups excluding carboxylic acids is 3. The zero-order valence-corrected chi connectivity index (χ0v) is 22.3. The van der Waals surface area contributed by atoms with Gasteiger partial charge in [-0.2, -0.15) is 5.10 Å². The number of anilines is 1. The maximum Gasteiger partial charge on any atom is 0.260 e. The Morgan fingerprint density at radius 1 is 1.03 bits per heavy atom. The minimum atomic E-state index is -0.514. The quantitative estimate of drug-likeness (QED) is 0.344. The molecule has 0 unspecified atom stereocenters. The summed E-state index contributed by atoms with van der Waals surface area (Å²) in [4.78, 5) is 40.9. The molecule has 3 amide bonds. The van der Waals surface area contributed by atoms with E-state index in [0.717, 1.165) is 11.4 Å². The Kier molecular flexibility index (Phi) is 9.74. The molecule has 2 aromatic carbocycles. The third-order valence-corrected chi connectivity index (χ3v) is 6.33. The van der Waals surface area contributed by atoms with Gasteiger partial charge in [0.1, 0.15) is 5.75 Å². The lowest BCUT2D eigenvalue weighted by atomic mass is 10.1. The van der Waals surface area contributed by atoms with E-state index in [0.29, 0.717) is 56.6 Å². The molecule has 208 valence electrons. The summed E-state index contributed by atoms with van der Waals surface area (Å²) in [6.07, 6.45) is 1.60. The number of morpholine rings is 1. The molecule has 11 heteroatoms.